The third-order valence-corrected chi connectivity index (χ3v) is 4.44. The molecule has 1 saturated carbocycles. The number of rotatable bonds is 4. The van der Waals surface area contributed by atoms with Crippen LogP contribution in [-0.4, -0.2) is 54.7 Å². The van der Waals surface area contributed by atoms with Gasteiger partial charge in [0, 0.05) is 38.3 Å². The molecule has 2 N–H and O–H groups in total. The van der Waals surface area contributed by atoms with Gasteiger partial charge in [-0.05, 0) is 18.6 Å². The Labute approximate surface area is 140 Å². The van der Waals surface area contributed by atoms with E-state index in [4.69, 9.17) is 0 Å². The van der Waals surface area contributed by atoms with Crippen LogP contribution in [0.15, 0.2) is 18.3 Å². The fourth-order valence-corrected chi connectivity index (χ4v) is 3.07. The van der Waals surface area contributed by atoms with E-state index in [2.05, 4.69) is 20.5 Å². The van der Waals surface area contributed by atoms with Crippen molar-refractivity contribution in [3.05, 3.63) is 24.0 Å². The number of hydrogen-bond donors (Lipinski definition) is 2. The molecule has 1 aliphatic carbocycles. The number of Topliss-reactive ketones (excluding diaryl/α,β-unsaturated/α-hetero) is 2. The summed E-state index contributed by atoms with van der Waals surface area (Å²) in [6.45, 7) is 3.82. The number of nitrogens with one attached hydrogen (secondary N) is 2. The van der Waals surface area contributed by atoms with Gasteiger partial charge < -0.3 is 15.5 Å². The number of amides is 1. The molecule has 24 heavy (non-hydrogen) atoms. The molecule has 0 bridgehead atoms. The quantitative estimate of drug-likeness (QED) is 0.746. The molecule has 3 rings (SSSR count). The van der Waals surface area contributed by atoms with Crippen molar-refractivity contribution in [2.24, 2.45) is 0 Å². The van der Waals surface area contributed by atoms with Crippen molar-refractivity contribution in [1.82, 2.24) is 15.6 Å². The van der Waals surface area contributed by atoms with Crippen molar-refractivity contribution in [2.75, 3.05) is 31.1 Å². The number of pyridine rings is 1. The lowest BCUT2D eigenvalue weighted by atomic mass is 9.93. The van der Waals surface area contributed by atoms with E-state index in [0.29, 0.717) is 18.5 Å². The highest BCUT2D eigenvalue weighted by Gasteiger charge is 2.28. The molecular weight excluding hydrogens is 308 g/mol. The fraction of sp³-hybridized carbons (Fsp3) is 0.529. The summed E-state index contributed by atoms with van der Waals surface area (Å²) in [6, 6.07) is 3.30. The Balaban J connectivity index is 1.52. The van der Waals surface area contributed by atoms with Crippen LogP contribution in [0.2, 0.25) is 0 Å². The molecule has 7 nitrogen and oxygen atoms in total. The van der Waals surface area contributed by atoms with E-state index in [-0.39, 0.29) is 30.3 Å². The molecule has 1 aliphatic heterocycles. The summed E-state index contributed by atoms with van der Waals surface area (Å²) in [6.07, 6.45) is 2.62. The summed E-state index contributed by atoms with van der Waals surface area (Å²) < 4.78 is 0. The van der Waals surface area contributed by atoms with E-state index in [1.807, 2.05) is 12.1 Å². The first-order chi connectivity index (χ1) is 11.6. The second-order valence-electron chi connectivity index (χ2n) is 6.26. The van der Waals surface area contributed by atoms with Gasteiger partial charge in [0.2, 0.25) is 5.91 Å². The van der Waals surface area contributed by atoms with Gasteiger partial charge in [0.1, 0.15) is 5.78 Å². The first-order valence-electron chi connectivity index (χ1n) is 8.36. The molecule has 0 spiro atoms. The summed E-state index contributed by atoms with van der Waals surface area (Å²) in [5.74, 6) is -0.470. The van der Waals surface area contributed by atoms with Crippen LogP contribution in [0.4, 0.5) is 5.69 Å². The van der Waals surface area contributed by atoms with E-state index in [0.717, 1.165) is 31.9 Å². The van der Waals surface area contributed by atoms with Crippen LogP contribution in [-0.2, 0) is 20.8 Å². The number of hydrogen-bond acceptors (Lipinski definition) is 6. The number of carbonyl (C=O) groups is 3. The molecular formula is C17H22N4O3. The molecule has 1 unspecified atom stereocenters. The zero-order valence-corrected chi connectivity index (χ0v) is 13.6. The smallest absolute Gasteiger partial charge is 0.226 e. The van der Waals surface area contributed by atoms with Gasteiger partial charge in [0.25, 0.3) is 0 Å². The number of piperazine rings is 1. The normalized spacial score (nSPS) is 21.7. The number of anilines is 1. The average molecular weight is 330 g/mol. The highest BCUT2D eigenvalue weighted by molar-refractivity contribution is 6.05. The first kappa shape index (κ1) is 16.6. The minimum atomic E-state index is -0.532. The Kier molecular flexibility index (Phi) is 5.20. The Morgan fingerprint density at radius 3 is 2.75 bits per heavy atom. The molecule has 1 amide bonds. The zero-order chi connectivity index (χ0) is 16.9. The Morgan fingerprint density at radius 2 is 2.08 bits per heavy atom. The van der Waals surface area contributed by atoms with Crippen LogP contribution in [0, 0.1) is 0 Å². The molecule has 128 valence electrons. The molecule has 1 aromatic rings. The van der Waals surface area contributed by atoms with Crippen molar-refractivity contribution >= 4 is 23.2 Å². The van der Waals surface area contributed by atoms with Crippen molar-refractivity contribution in [2.45, 2.75) is 31.7 Å². The molecule has 1 atom stereocenters. The Morgan fingerprint density at radius 1 is 1.29 bits per heavy atom. The van der Waals surface area contributed by atoms with E-state index in [1.165, 1.54) is 0 Å². The summed E-state index contributed by atoms with van der Waals surface area (Å²) in [7, 11) is 0. The number of carbonyl (C=O) groups excluding carboxylic acids is 3. The third kappa shape index (κ3) is 4.17. The van der Waals surface area contributed by atoms with Gasteiger partial charge in [-0.25, -0.2) is 0 Å². The Hall–Kier alpha value is -2.28. The molecule has 7 heteroatoms. The summed E-state index contributed by atoms with van der Waals surface area (Å²) in [5.41, 5.74) is 1.73. The maximum Gasteiger partial charge on any atom is 0.226 e. The summed E-state index contributed by atoms with van der Waals surface area (Å²) >= 11 is 0. The minimum Gasteiger partial charge on any atom is -0.368 e. The lowest BCUT2D eigenvalue weighted by Crippen LogP contribution is -2.45. The van der Waals surface area contributed by atoms with E-state index in [1.54, 1.807) is 6.20 Å². The fourth-order valence-electron chi connectivity index (χ4n) is 3.07. The topological polar surface area (TPSA) is 91.4 Å². The van der Waals surface area contributed by atoms with Crippen LogP contribution in [0.1, 0.15) is 25.0 Å². The van der Waals surface area contributed by atoms with E-state index in [9.17, 15) is 14.4 Å². The van der Waals surface area contributed by atoms with E-state index >= 15 is 0 Å². The molecule has 2 fully saturated rings. The monoisotopic (exact) mass is 330 g/mol. The predicted molar refractivity (Wildman–Crippen MR) is 88.8 cm³/mol. The van der Waals surface area contributed by atoms with Crippen LogP contribution in [0.25, 0.3) is 0 Å². The van der Waals surface area contributed by atoms with Gasteiger partial charge in [0.05, 0.1) is 30.8 Å². The van der Waals surface area contributed by atoms with Gasteiger partial charge >= 0.3 is 0 Å². The molecule has 0 aromatic carbocycles. The predicted octanol–water partition coefficient (Wildman–Crippen LogP) is -0.159. The third-order valence-electron chi connectivity index (χ3n) is 4.44. The largest absolute Gasteiger partial charge is 0.368 e. The van der Waals surface area contributed by atoms with Crippen LogP contribution in [0.3, 0.4) is 0 Å². The lowest BCUT2D eigenvalue weighted by Gasteiger charge is -2.29. The van der Waals surface area contributed by atoms with E-state index < -0.39 is 6.04 Å². The average Bonchev–Trinajstić information content (AvgIpc) is 2.59. The minimum absolute atomic E-state index is 0.0457. The van der Waals surface area contributed by atoms with Crippen molar-refractivity contribution in [3.8, 4) is 0 Å². The Bertz CT molecular complexity index is 623. The maximum absolute atomic E-state index is 12.1. The number of aromatic nitrogens is 1. The second kappa shape index (κ2) is 7.53. The van der Waals surface area contributed by atoms with Gasteiger partial charge in [-0.15, -0.1) is 0 Å². The van der Waals surface area contributed by atoms with Gasteiger partial charge in [-0.2, -0.15) is 0 Å². The standard InChI is InChI=1S/C17H22N4O3/c22-14-3-4-15(16(23)10-14)20-17(24)9-12-1-2-13(11-19-12)21-7-5-18-6-8-21/h1-2,11,15,18H,3-10H2,(H,20,24). The number of ketones is 2. The summed E-state index contributed by atoms with van der Waals surface area (Å²) in [4.78, 5) is 41.7. The van der Waals surface area contributed by atoms with Crippen molar-refractivity contribution < 1.29 is 14.4 Å². The van der Waals surface area contributed by atoms with Crippen molar-refractivity contribution in [3.63, 3.8) is 0 Å². The highest BCUT2D eigenvalue weighted by atomic mass is 16.2. The van der Waals surface area contributed by atoms with Gasteiger partial charge in [-0.1, -0.05) is 0 Å². The first-order valence-corrected chi connectivity index (χ1v) is 8.36. The summed E-state index contributed by atoms with van der Waals surface area (Å²) in [5, 5.41) is 6.02. The molecule has 2 aliphatic rings. The second-order valence-corrected chi connectivity index (χ2v) is 6.26. The van der Waals surface area contributed by atoms with Gasteiger partial charge in [-0.3, -0.25) is 19.4 Å². The molecule has 1 saturated heterocycles. The zero-order valence-electron chi connectivity index (χ0n) is 13.6. The van der Waals surface area contributed by atoms with Crippen molar-refractivity contribution in [1.29, 1.82) is 0 Å². The SMILES string of the molecule is O=C1CCC(NC(=O)Cc2ccc(N3CCNCC3)cn2)C(=O)C1. The lowest BCUT2D eigenvalue weighted by molar-refractivity contribution is -0.134. The highest BCUT2D eigenvalue weighted by Crippen LogP contribution is 2.15. The number of nitrogens with zero attached hydrogens (tertiary/aromatic N) is 2. The van der Waals surface area contributed by atoms with Gasteiger partial charge in [0.15, 0.2) is 5.78 Å². The maximum atomic E-state index is 12.1. The molecule has 1 aromatic heterocycles. The molecule has 2 heterocycles. The van der Waals surface area contributed by atoms with Crippen LogP contribution < -0.4 is 15.5 Å². The van der Waals surface area contributed by atoms with Crippen LogP contribution >= 0.6 is 0 Å². The van der Waals surface area contributed by atoms with Crippen LogP contribution in [0.5, 0.6) is 0 Å². The molecule has 0 radical (unpaired) electrons.